The molecule has 0 saturated heterocycles. The van der Waals surface area contributed by atoms with Gasteiger partial charge < -0.3 is 4.74 Å². The molecule has 1 aromatic rings. The summed E-state index contributed by atoms with van der Waals surface area (Å²) in [6.45, 7) is 3.95. The van der Waals surface area contributed by atoms with Crippen LogP contribution in [0.25, 0.3) is 0 Å². The number of rotatable bonds is 4. The van der Waals surface area contributed by atoms with Crippen molar-refractivity contribution in [3.05, 3.63) is 41.7 Å². The summed E-state index contributed by atoms with van der Waals surface area (Å²) >= 11 is 0. The predicted octanol–water partition coefficient (Wildman–Crippen LogP) is 5.56. The van der Waals surface area contributed by atoms with Crippen LogP contribution in [0, 0.1) is 17.6 Å². The summed E-state index contributed by atoms with van der Waals surface area (Å²) in [5.74, 6) is -0.781. The van der Waals surface area contributed by atoms with Gasteiger partial charge in [0.2, 0.25) is 5.82 Å². The van der Waals surface area contributed by atoms with E-state index in [1.807, 2.05) is 0 Å². The second-order valence-electron chi connectivity index (χ2n) is 5.49. The van der Waals surface area contributed by atoms with Gasteiger partial charge in [0, 0.05) is 0 Å². The van der Waals surface area contributed by atoms with Crippen molar-refractivity contribution in [2.75, 3.05) is 0 Å². The first-order valence-electron chi connectivity index (χ1n) is 7.43. The van der Waals surface area contributed by atoms with E-state index in [0.717, 1.165) is 31.6 Å². The molecule has 1 fully saturated rings. The molecule has 0 aromatic heterocycles. The number of benzene rings is 1. The molecule has 1 saturated carbocycles. The smallest absolute Gasteiger partial charge is 0.201 e. The lowest BCUT2D eigenvalue weighted by molar-refractivity contribution is 0.311. The van der Waals surface area contributed by atoms with Crippen molar-refractivity contribution in [1.29, 1.82) is 0 Å². The predicted molar refractivity (Wildman–Crippen MR) is 76.8 cm³/mol. The molecule has 0 atom stereocenters. The zero-order valence-corrected chi connectivity index (χ0v) is 12.2. The molecule has 0 N–H and O–H groups in total. The molecule has 1 aromatic carbocycles. The van der Waals surface area contributed by atoms with Crippen LogP contribution in [-0.4, -0.2) is 0 Å². The van der Waals surface area contributed by atoms with Crippen LogP contribution in [0.15, 0.2) is 24.5 Å². The molecule has 0 bridgehead atoms. The van der Waals surface area contributed by atoms with E-state index in [-0.39, 0.29) is 11.7 Å². The minimum Gasteiger partial charge on any atom is -0.462 e. The summed E-state index contributed by atoms with van der Waals surface area (Å²) in [6.07, 6.45) is 8.28. The molecule has 0 spiro atoms. The summed E-state index contributed by atoms with van der Waals surface area (Å²) in [5.41, 5.74) is 0.505. The van der Waals surface area contributed by atoms with Crippen LogP contribution in [0.1, 0.15) is 57.4 Å². The van der Waals surface area contributed by atoms with Gasteiger partial charge in [0.15, 0.2) is 11.6 Å². The van der Waals surface area contributed by atoms with Crippen molar-refractivity contribution < 1.29 is 13.5 Å². The lowest BCUT2D eigenvalue weighted by Crippen LogP contribution is -2.14. The number of ether oxygens (including phenoxy) is 1. The number of allylic oxidation sites excluding steroid dienone is 1. The maximum atomic E-state index is 14.2. The van der Waals surface area contributed by atoms with Crippen molar-refractivity contribution in [3.63, 3.8) is 0 Å². The second-order valence-corrected chi connectivity index (χ2v) is 5.49. The Bertz CT molecular complexity index is 474. The third-order valence-electron chi connectivity index (χ3n) is 4.27. The molecule has 0 aliphatic heterocycles. The summed E-state index contributed by atoms with van der Waals surface area (Å²) in [4.78, 5) is 0. The fourth-order valence-corrected chi connectivity index (χ4v) is 2.98. The molecular formula is C17H22F2O. The third-order valence-corrected chi connectivity index (χ3v) is 4.27. The first-order valence-corrected chi connectivity index (χ1v) is 7.43. The first kappa shape index (κ1) is 15.0. The van der Waals surface area contributed by atoms with Crippen LogP contribution < -0.4 is 4.74 Å². The quantitative estimate of drug-likeness (QED) is 0.656. The standard InChI is InChI=1S/C17H22F2O/c1-3-11-20-15-10-9-14(16(18)17(15)19)13-7-5-12(4-2)6-8-13/h3,9-13H,4-8H2,1-2H3. The van der Waals surface area contributed by atoms with E-state index >= 15 is 0 Å². The molecule has 0 amide bonds. The molecule has 1 aliphatic rings. The second kappa shape index (κ2) is 6.87. The average molecular weight is 280 g/mol. The highest BCUT2D eigenvalue weighted by atomic mass is 19.2. The molecule has 0 heterocycles. The van der Waals surface area contributed by atoms with Crippen LogP contribution in [0.3, 0.4) is 0 Å². The summed E-state index contributed by atoms with van der Waals surface area (Å²) in [7, 11) is 0. The summed E-state index contributed by atoms with van der Waals surface area (Å²) in [5, 5.41) is 0. The average Bonchev–Trinajstić information content (AvgIpc) is 2.49. The van der Waals surface area contributed by atoms with Gasteiger partial charge in [-0.05, 0) is 56.1 Å². The van der Waals surface area contributed by atoms with Crippen molar-refractivity contribution in [2.24, 2.45) is 5.92 Å². The Kier molecular flexibility index (Phi) is 5.16. The van der Waals surface area contributed by atoms with Crippen LogP contribution in [0.4, 0.5) is 8.78 Å². The largest absolute Gasteiger partial charge is 0.462 e. The van der Waals surface area contributed by atoms with Crippen LogP contribution in [0.2, 0.25) is 0 Å². The van der Waals surface area contributed by atoms with E-state index in [1.165, 1.54) is 18.7 Å². The van der Waals surface area contributed by atoms with Crippen molar-refractivity contribution >= 4 is 0 Å². The van der Waals surface area contributed by atoms with E-state index in [1.54, 1.807) is 19.1 Å². The van der Waals surface area contributed by atoms with Gasteiger partial charge >= 0.3 is 0 Å². The van der Waals surface area contributed by atoms with Gasteiger partial charge in [0.25, 0.3) is 0 Å². The van der Waals surface area contributed by atoms with E-state index in [0.29, 0.717) is 5.56 Å². The highest BCUT2D eigenvalue weighted by molar-refractivity contribution is 5.33. The Morgan fingerprint density at radius 2 is 1.85 bits per heavy atom. The maximum Gasteiger partial charge on any atom is 0.201 e. The Labute approximate surface area is 119 Å². The fraction of sp³-hybridized carbons (Fsp3) is 0.529. The molecule has 0 unspecified atom stereocenters. The summed E-state index contributed by atoms with van der Waals surface area (Å²) < 4.78 is 33.2. The highest BCUT2D eigenvalue weighted by Gasteiger charge is 2.25. The maximum absolute atomic E-state index is 14.2. The minimum atomic E-state index is -0.877. The fourth-order valence-electron chi connectivity index (χ4n) is 2.98. The third kappa shape index (κ3) is 3.20. The molecule has 3 heteroatoms. The first-order chi connectivity index (χ1) is 9.67. The van der Waals surface area contributed by atoms with Gasteiger partial charge in [-0.3, -0.25) is 0 Å². The SMILES string of the molecule is CC=COc1ccc(C2CCC(CC)CC2)c(F)c1F. The molecule has 110 valence electrons. The van der Waals surface area contributed by atoms with Crippen LogP contribution in [-0.2, 0) is 0 Å². The van der Waals surface area contributed by atoms with Crippen molar-refractivity contribution in [1.82, 2.24) is 0 Å². The number of hydrogen-bond donors (Lipinski definition) is 0. The zero-order valence-electron chi connectivity index (χ0n) is 12.2. The lowest BCUT2D eigenvalue weighted by atomic mass is 9.77. The van der Waals surface area contributed by atoms with E-state index in [2.05, 4.69) is 6.92 Å². The van der Waals surface area contributed by atoms with E-state index in [9.17, 15) is 8.78 Å². The van der Waals surface area contributed by atoms with Gasteiger partial charge in [0.05, 0.1) is 6.26 Å². The number of halogens is 2. The highest BCUT2D eigenvalue weighted by Crippen LogP contribution is 2.39. The Morgan fingerprint density at radius 3 is 2.45 bits per heavy atom. The lowest BCUT2D eigenvalue weighted by Gasteiger charge is -2.28. The monoisotopic (exact) mass is 280 g/mol. The molecule has 2 rings (SSSR count). The van der Waals surface area contributed by atoms with Gasteiger partial charge in [-0.15, -0.1) is 0 Å². The van der Waals surface area contributed by atoms with Gasteiger partial charge in [-0.25, -0.2) is 4.39 Å². The van der Waals surface area contributed by atoms with Gasteiger partial charge in [-0.2, -0.15) is 4.39 Å². The van der Waals surface area contributed by atoms with Crippen molar-refractivity contribution in [2.45, 2.75) is 51.9 Å². The number of hydrogen-bond acceptors (Lipinski definition) is 1. The Balaban J connectivity index is 2.15. The molecule has 1 aliphatic carbocycles. The van der Waals surface area contributed by atoms with Crippen LogP contribution in [0.5, 0.6) is 5.75 Å². The normalized spacial score (nSPS) is 23.2. The van der Waals surface area contributed by atoms with Crippen LogP contribution >= 0.6 is 0 Å². The molecule has 1 nitrogen and oxygen atoms in total. The van der Waals surface area contributed by atoms with Gasteiger partial charge in [-0.1, -0.05) is 25.5 Å². The molecule has 0 radical (unpaired) electrons. The Morgan fingerprint density at radius 1 is 1.15 bits per heavy atom. The molecule has 20 heavy (non-hydrogen) atoms. The summed E-state index contributed by atoms with van der Waals surface area (Å²) in [6, 6.07) is 3.20. The van der Waals surface area contributed by atoms with Crippen molar-refractivity contribution in [3.8, 4) is 5.75 Å². The molecular weight excluding hydrogens is 258 g/mol. The topological polar surface area (TPSA) is 9.23 Å². The van der Waals surface area contributed by atoms with E-state index < -0.39 is 11.6 Å². The van der Waals surface area contributed by atoms with Gasteiger partial charge in [0.1, 0.15) is 0 Å². The minimum absolute atomic E-state index is 0.0494. The van der Waals surface area contributed by atoms with E-state index in [4.69, 9.17) is 4.74 Å². The zero-order chi connectivity index (χ0) is 14.5. The Hall–Kier alpha value is -1.38.